The number of ether oxygens (including phenoxy) is 1. The van der Waals surface area contributed by atoms with Gasteiger partial charge in [-0.05, 0) is 20.4 Å². The largest absolute Gasteiger partial charge is 0.465 e. The molecule has 0 unspecified atom stereocenters. The Balaban J connectivity index is 2.27. The summed E-state index contributed by atoms with van der Waals surface area (Å²) in [6.45, 7) is 5.68. The number of hydrogen-bond acceptors (Lipinski definition) is 5. The molecule has 0 spiro atoms. The van der Waals surface area contributed by atoms with Crippen molar-refractivity contribution >= 4 is 17.3 Å². The first-order valence-electron chi connectivity index (χ1n) is 5.86. The Labute approximate surface area is 107 Å². The highest BCUT2D eigenvalue weighted by Crippen LogP contribution is 2.13. The normalized spacial score (nSPS) is 10.8. The van der Waals surface area contributed by atoms with Gasteiger partial charge in [0.25, 0.3) is 0 Å². The predicted octanol–water partition coefficient (Wildman–Crippen LogP) is 2.23. The molecule has 0 atom stereocenters. The number of nitrogens with zero attached hydrogens (tertiary/aromatic N) is 2. The van der Waals surface area contributed by atoms with Crippen molar-refractivity contribution in [2.75, 3.05) is 20.2 Å². The topological polar surface area (TPSA) is 42.4 Å². The lowest BCUT2D eigenvalue weighted by molar-refractivity contribution is -0.144. The molecule has 4 nitrogen and oxygen atoms in total. The Kier molecular flexibility index (Phi) is 6.15. The van der Waals surface area contributed by atoms with Gasteiger partial charge in [-0.2, -0.15) is 0 Å². The lowest BCUT2D eigenvalue weighted by Gasteiger charge is -2.14. The lowest BCUT2D eigenvalue weighted by Crippen LogP contribution is -2.27. The molecule has 0 aliphatic carbocycles. The number of aryl methyl sites for hydroxylation is 1. The predicted molar refractivity (Wildman–Crippen MR) is 69.1 cm³/mol. The average Bonchev–Trinajstić information content (AvgIpc) is 2.64. The zero-order valence-corrected chi connectivity index (χ0v) is 11.5. The summed E-state index contributed by atoms with van der Waals surface area (Å²) in [5.74, 6) is -0.150. The van der Waals surface area contributed by atoms with Gasteiger partial charge in [-0.3, -0.25) is 9.69 Å². The first kappa shape index (κ1) is 14.1. The monoisotopic (exact) mass is 256 g/mol. The van der Waals surface area contributed by atoms with Crippen LogP contribution in [-0.2, 0) is 16.1 Å². The fourth-order valence-corrected chi connectivity index (χ4v) is 2.23. The van der Waals surface area contributed by atoms with E-state index in [1.807, 2.05) is 24.4 Å². The number of thiazole rings is 1. The van der Waals surface area contributed by atoms with Crippen LogP contribution < -0.4 is 0 Å². The zero-order valence-electron chi connectivity index (χ0n) is 10.7. The Morgan fingerprint density at radius 1 is 1.59 bits per heavy atom. The van der Waals surface area contributed by atoms with Crippen LogP contribution in [0.25, 0.3) is 0 Å². The summed E-state index contributed by atoms with van der Waals surface area (Å²) in [6, 6.07) is 0. The highest BCUT2D eigenvalue weighted by Gasteiger charge is 2.10. The minimum Gasteiger partial charge on any atom is -0.465 e. The van der Waals surface area contributed by atoms with Crippen LogP contribution in [0.15, 0.2) is 5.51 Å². The quantitative estimate of drug-likeness (QED) is 0.554. The van der Waals surface area contributed by atoms with Gasteiger partial charge in [0.2, 0.25) is 0 Å². The third-order valence-corrected chi connectivity index (χ3v) is 3.34. The number of unbranched alkanes of at least 4 members (excludes halogenated alkanes) is 1. The summed E-state index contributed by atoms with van der Waals surface area (Å²) in [5.41, 5.74) is 2.87. The van der Waals surface area contributed by atoms with Crippen LogP contribution in [0.4, 0.5) is 0 Å². The van der Waals surface area contributed by atoms with E-state index in [9.17, 15) is 4.79 Å². The molecule has 0 saturated carbocycles. The molecule has 17 heavy (non-hydrogen) atoms. The Bertz CT molecular complexity index is 352. The van der Waals surface area contributed by atoms with E-state index in [4.69, 9.17) is 4.74 Å². The van der Waals surface area contributed by atoms with E-state index in [1.165, 1.54) is 4.88 Å². The molecular weight excluding hydrogens is 236 g/mol. The number of rotatable bonds is 7. The SMILES string of the molecule is CCCCOC(=O)CN(C)Cc1scnc1C. The van der Waals surface area contributed by atoms with Gasteiger partial charge in [0.1, 0.15) is 0 Å². The van der Waals surface area contributed by atoms with Crippen LogP contribution in [0.2, 0.25) is 0 Å². The van der Waals surface area contributed by atoms with Crippen molar-refractivity contribution in [3.8, 4) is 0 Å². The highest BCUT2D eigenvalue weighted by atomic mass is 32.1. The molecule has 1 rings (SSSR count). The maximum absolute atomic E-state index is 11.5. The summed E-state index contributed by atoms with van der Waals surface area (Å²) in [6.07, 6.45) is 1.98. The maximum Gasteiger partial charge on any atom is 0.320 e. The van der Waals surface area contributed by atoms with Gasteiger partial charge in [-0.25, -0.2) is 4.98 Å². The Morgan fingerprint density at radius 2 is 2.35 bits per heavy atom. The van der Waals surface area contributed by atoms with Crippen LogP contribution in [0, 0.1) is 6.92 Å². The van der Waals surface area contributed by atoms with Crippen molar-refractivity contribution in [2.45, 2.75) is 33.2 Å². The smallest absolute Gasteiger partial charge is 0.320 e. The first-order valence-corrected chi connectivity index (χ1v) is 6.74. The van der Waals surface area contributed by atoms with Crippen LogP contribution in [-0.4, -0.2) is 36.1 Å². The molecule has 0 bridgehead atoms. The molecule has 1 heterocycles. The molecule has 96 valence electrons. The average molecular weight is 256 g/mol. The second-order valence-electron chi connectivity index (χ2n) is 4.11. The van der Waals surface area contributed by atoms with Crippen molar-refractivity contribution in [3.63, 3.8) is 0 Å². The summed E-state index contributed by atoms with van der Waals surface area (Å²) in [5, 5.41) is 0. The van der Waals surface area contributed by atoms with Gasteiger partial charge in [-0.1, -0.05) is 13.3 Å². The summed E-state index contributed by atoms with van der Waals surface area (Å²) in [4.78, 5) is 18.8. The van der Waals surface area contributed by atoms with Crippen LogP contribution in [0.3, 0.4) is 0 Å². The lowest BCUT2D eigenvalue weighted by atomic mass is 10.3. The summed E-state index contributed by atoms with van der Waals surface area (Å²) >= 11 is 1.62. The number of hydrogen-bond donors (Lipinski definition) is 0. The maximum atomic E-state index is 11.5. The number of aromatic nitrogens is 1. The molecule has 0 aliphatic rings. The van der Waals surface area contributed by atoms with E-state index in [0.717, 1.165) is 25.1 Å². The number of likely N-dealkylation sites (N-methyl/N-ethyl adjacent to an activating group) is 1. The molecule has 0 fully saturated rings. The molecule has 0 saturated heterocycles. The van der Waals surface area contributed by atoms with Gasteiger partial charge >= 0.3 is 5.97 Å². The molecular formula is C12H20N2O2S. The zero-order chi connectivity index (χ0) is 12.7. The van der Waals surface area contributed by atoms with Gasteiger partial charge in [0.05, 0.1) is 24.4 Å². The number of esters is 1. The van der Waals surface area contributed by atoms with E-state index in [2.05, 4.69) is 11.9 Å². The van der Waals surface area contributed by atoms with Crippen molar-refractivity contribution in [3.05, 3.63) is 16.1 Å². The molecule has 0 aliphatic heterocycles. The van der Waals surface area contributed by atoms with E-state index >= 15 is 0 Å². The van der Waals surface area contributed by atoms with E-state index in [1.54, 1.807) is 11.3 Å². The molecule has 5 heteroatoms. The van der Waals surface area contributed by atoms with Crippen molar-refractivity contribution < 1.29 is 9.53 Å². The highest BCUT2D eigenvalue weighted by molar-refractivity contribution is 7.09. The van der Waals surface area contributed by atoms with Crippen molar-refractivity contribution in [1.82, 2.24) is 9.88 Å². The van der Waals surface area contributed by atoms with Gasteiger partial charge in [0, 0.05) is 11.4 Å². The Hall–Kier alpha value is -0.940. The third kappa shape index (κ3) is 5.28. The van der Waals surface area contributed by atoms with Crippen molar-refractivity contribution in [2.24, 2.45) is 0 Å². The molecule has 1 aromatic heterocycles. The minimum atomic E-state index is -0.150. The molecule has 0 aromatic carbocycles. The third-order valence-electron chi connectivity index (χ3n) is 2.42. The second kappa shape index (κ2) is 7.40. The van der Waals surface area contributed by atoms with Gasteiger partial charge in [-0.15, -0.1) is 11.3 Å². The summed E-state index contributed by atoms with van der Waals surface area (Å²) < 4.78 is 5.11. The van der Waals surface area contributed by atoms with Crippen LogP contribution >= 0.6 is 11.3 Å². The standard InChI is InChI=1S/C12H20N2O2S/c1-4-5-6-16-12(15)8-14(3)7-11-10(2)13-9-17-11/h9H,4-8H2,1-3H3. The van der Waals surface area contributed by atoms with E-state index in [0.29, 0.717) is 13.2 Å². The number of carbonyl (C=O) groups excluding carboxylic acids is 1. The first-order chi connectivity index (χ1) is 8.13. The molecule has 0 N–H and O–H groups in total. The van der Waals surface area contributed by atoms with E-state index in [-0.39, 0.29) is 5.97 Å². The second-order valence-corrected chi connectivity index (χ2v) is 5.05. The van der Waals surface area contributed by atoms with Gasteiger partial charge in [0.15, 0.2) is 0 Å². The van der Waals surface area contributed by atoms with Crippen LogP contribution in [0.5, 0.6) is 0 Å². The fraction of sp³-hybridized carbons (Fsp3) is 0.667. The van der Waals surface area contributed by atoms with Gasteiger partial charge < -0.3 is 4.74 Å². The Morgan fingerprint density at radius 3 is 2.94 bits per heavy atom. The van der Waals surface area contributed by atoms with Crippen LogP contribution in [0.1, 0.15) is 30.3 Å². The fourth-order valence-electron chi connectivity index (χ4n) is 1.38. The molecule has 0 radical (unpaired) electrons. The van der Waals surface area contributed by atoms with E-state index < -0.39 is 0 Å². The molecule has 1 aromatic rings. The number of carbonyl (C=O) groups is 1. The van der Waals surface area contributed by atoms with Crippen molar-refractivity contribution in [1.29, 1.82) is 0 Å². The molecule has 0 amide bonds. The minimum absolute atomic E-state index is 0.150. The summed E-state index contributed by atoms with van der Waals surface area (Å²) in [7, 11) is 1.92.